The zero-order valence-electron chi connectivity index (χ0n) is 9.39. The van der Waals surface area contributed by atoms with Crippen LogP contribution in [0.5, 0.6) is 0 Å². The fraction of sp³-hybridized carbons (Fsp3) is 0.133. The topological polar surface area (TPSA) is 20.3 Å². The second-order valence-electron chi connectivity index (χ2n) is 4.13. The lowest BCUT2D eigenvalue weighted by Crippen LogP contribution is -2.28. The molecule has 2 heteroatoms. The van der Waals surface area contributed by atoms with E-state index in [-0.39, 0.29) is 5.91 Å². The highest BCUT2D eigenvalue weighted by Crippen LogP contribution is 2.28. The molecule has 0 aliphatic carbocycles. The fourth-order valence-electron chi connectivity index (χ4n) is 2.22. The SMILES string of the molecule is O=C(c1ccccc1)N1CCc2cc[c]cc21. The standard InChI is InChI=1S/C15H12NO/c17-15(13-7-2-1-3-8-13)16-11-10-12-6-4-5-9-14(12)16/h1-4,6-9H,10-11H2. The Labute approximate surface area is 100 Å². The number of hydrogen-bond donors (Lipinski definition) is 0. The maximum Gasteiger partial charge on any atom is 0.258 e. The number of nitrogens with zero attached hydrogens (tertiary/aromatic N) is 1. The van der Waals surface area contributed by atoms with Gasteiger partial charge in [-0.25, -0.2) is 0 Å². The lowest BCUT2D eigenvalue weighted by molar-refractivity contribution is 0.0989. The summed E-state index contributed by atoms with van der Waals surface area (Å²) in [7, 11) is 0. The quantitative estimate of drug-likeness (QED) is 0.726. The first-order valence-electron chi connectivity index (χ1n) is 5.72. The van der Waals surface area contributed by atoms with Gasteiger partial charge < -0.3 is 4.90 Å². The number of fused-ring (bicyclic) bond motifs is 1. The van der Waals surface area contributed by atoms with Crippen LogP contribution < -0.4 is 4.90 Å². The van der Waals surface area contributed by atoms with Crippen LogP contribution in [0.2, 0.25) is 0 Å². The first kappa shape index (κ1) is 10.1. The molecule has 1 heterocycles. The molecule has 1 radical (unpaired) electrons. The summed E-state index contributed by atoms with van der Waals surface area (Å²) in [6.45, 7) is 0.765. The zero-order valence-corrected chi connectivity index (χ0v) is 9.39. The number of rotatable bonds is 1. The molecule has 3 rings (SSSR count). The van der Waals surface area contributed by atoms with Gasteiger partial charge in [0.2, 0.25) is 0 Å². The molecular weight excluding hydrogens is 210 g/mol. The third kappa shape index (κ3) is 1.72. The summed E-state index contributed by atoms with van der Waals surface area (Å²) in [5.41, 5.74) is 2.97. The van der Waals surface area contributed by atoms with Crippen LogP contribution in [0, 0.1) is 6.07 Å². The Hall–Kier alpha value is -2.09. The summed E-state index contributed by atoms with van der Waals surface area (Å²) in [6.07, 6.45) is 0.933. The number of hydrogen-bond acceptors (Lipinski definition) is 1. The molecule has 0 bridgehead atoms. The van der Waals surface area contributed by atoms with Crippen molar-refractivity contribution >= 4 is 11.6 Å². The van der Waals surface area contributed by atoms with Gasteiger partial charge in [0.1, 0.15) is 0 Å². The predicted octanol–water partition coefficient (Wildman–Crippen LogP) is 2.69. The van der Waals surface area contributed by atoms with Gasteiger partial charge in [-0.3, -0.25) is 4.79 Å². The maximum absolute atomic E-state index is 12.3. The van der Waals surface area contributed by atoms with Crippen LogP contribution >= 0.6 is 0 Å². The highest BCUT2D eigenvalue weighted by Gasteiger charge is 2.24. The van der Waals surface area contributed by atoms with Crippen molar-refractivity contribution in [3.8, 4) is 0 Å². The van der Waals surface area contributed by atoms with Crippen LogP contribution in [0.1, 0.15) is 15.9 Å². The van der Waals surface area contributed by atoms with Crippen molar-refractivity contribution in [1.29, 1.82) is 0 Å². The van der Waals surface area contributed by atoms with E-state index in [9.17, 15) is 4.79 Å². The van der Waals surface area contributed by atoms with Crippen molar-refractivity contribution < 1.29 is 4.79 Å². The molecule has 0 saturated heterocycles. The lowest BCUT2D eigenvalue weighted by Gasteiger charge is -2.17. The number of anilines is 1. The van der Waals surface area contributed by atoms with Gasteiger partial charge >= 0.3 is 0 Å². The highest BCUT2D eigenvalue weighted by atomic mass is 16.2. The van der Waals surface area contributed by atoms with Crippen LogP contribution in [-0.2, 0) is 6.42 Å². The molecule has 0 spiro atoms. The molecule has 2 nitrogen and oxygen atoms in total. The minimum Gasteiger partial charge on any atom is -0.308 e. The predicted molar refractivity (Wildman–Crippen MR) is 67.1 cm³/mol. The summed E-state index contributed by atoms with van der Waals surface area (Å²) in [5, 5.41) is 0. The van der Waals surface area contributed by atoms with Crippen LogP contribution in [0.4, 0.5) is 5.69 Å². The minimum atomic E-state index is 0.0731. The zero-order chi connectivity index (χ0) is 11.7. The van der Waals surface area contributed by atoms with Gasteiger partial charge in [-0.05, 0) is 36.2 Å². The third-order valence-corrected chi connectivity index (χ3v) is 3.09. The highest BCUT2D eigenvalue weighted by molar-refractivity contribution is 6.07. The average molecular weight is 222 g/mol. The summed E-state index contributed by atoms with van der Waals surface area (Å²) in [5.74, 6) is 0.0731. The number of carbonyl (C=O) groups is 1. The Morgan fingerprint density at radius 1 is 1.18 bits per heavy atom. The summed E-state index contributed by atoms with van der Waals surface area (Å²) < 4.78 is 0. The summed E-state index contributed by atoms with van der Waals surface area (Å²) >= 11 is 0. The molecule has 83 valence electrons. The minimum absolute atomic E-state index is 0.0731. The van der Waals surface area contributed by atoms with Crippen molar-refractivity contribution in [1.82, 2.24) is 0 Å². The van der Waals surface area contributed by atoms with E-state index >= 15 is 0 Å². The van der Waals surface area contributed by atoms with Crippen molar-refractivity contribution in [2.75, 3.05) is 11.4 Å². The second kappa shape index (κ2) is 4.06. The second-order valence-corrected chi connectivity index (χ2v) is 4.13. The van der Waals surface area contributed by atoms with Gasteiger partial charge in [-0.1, -0.05) is 30.3 Å². The Balaban J connectivity index is 1.95. The number of benzene rings is 2. The van der Waals surface area contributed by atoms with Gasteiger partial charge in [0, 0.05) is 17.8 Å². The van der Waals surface area contributed by atoms with Crippen molar-refractivity contribution in [3.63, 3.8) is 0 Å². The van der Waals surface area contributed by atoms with Crippen LogP contribution in [0.25, 0.3) is 0 Å². The van der Waals surface area contributed by atoms with Crippen molar-refractivity contribution in [3.05, 3.63) is 65.7 Å². The Morgan fingerprint density at radius 2 is 2.00 bits per heavy atom. The summed E-state index contributed by atoms with van der Waals surface area (Å²) in [4.78, 5) is 14.2. The van der Waals surface area contributed by atoms with Gasteiger partial charge in [-0.15, -0.1) is 0 Å². The molecule has 2 aromatic carbocycles. The van der Waals surface area contributed by atoms with E-state index in [4.69, 9.17) is 0 Å². The number of carbonyl (C=O) groups excluding carboxylic acids is 1. The fourth-order valence-corrected chi connectivity index (χ4v) is 2.22. The van der Waals surface area contributed by atoms with E-state index in [0.717, 1.165) is 24.2 Å². The van der Waals surface area contributed by atoms with E-state index in [0.29, 0.717) is 0 Å². The Bertz CT molecular complexity index is 548. The van der Waals surface area contributed by atoms with Crippen molar-refractivity contribution in [2.24, 2.45) is 0 Å². The average Bonchev–Trinajstić information content (AvgIpc) is 2.83. The molecule has 0 saturated carbocycles. The molecule has 1 aliphatic heterocycles. The first-order chi connectivity index (χ1) is 8.36. The molecule has 0 fully saturated rings. The first-order valence-corrected chi connectivity index (χ1v) is 5.72. The van der Waals surface area contributed by atoms with Gasteiger partial charge in [0.15, 0.2) is 0 Å². The van der Waals surface area contributed by atoms with Gasteiger partial charge in [0.25, 0.3) is 5.91 Å². The van der Waals surface area contributed by atoms with Crippen LogP contribution in [-0.4, -0.2) is 12.5 Å². The molecule has 0 aromatic heterocycles. The van der Waals surface area contributed by atoms with E-state index < -0.39 is 0 Å². The van der Waals surface area contributed by atoms with E-state index in [1.54, 1.807) is 0 Å². The Kier molecular flexibility index (Phi) is 2.41. The Morgan fingerprint density at radius 3 is 2.82 bits per heavy atom. The maximum atomic E-state index is 12.3. The molecule has 1 aliphatic rings. The molecule has 0 atom stereocenters. The van der Waals surface area contributed by atoms with E-state index in [1.165, 1.54) is 5.56 Å². The molecule has 0 N–H and O–H groups in total. The van der Waals surface area contributed by atoms with Gasteiger partial charge in [-0.2, -0.15) is 0 Å². The molecule has 17 heavy (non-hydrogen) atoms. The van der Waals surface area contributed by atoms with Crippen molar-refractivity contribution in [2.45, 2.75) is 6.42 Å². The van der Waals surface area contributed by atoms with Crippen LogP contribution in [0.3, 0.4) is 0 Å². The molecule has 2 aromatic rings. The van der Waals surface area contributed by atoms with E-state index in [2.05, 4.69) is 6.07 Å². The third-order valence-electron chi connectivity index (χ3n) is 3.09. The number of amides is 1. The molecular formula is C15H12NO. The smallest absolute Gasteiger partial charge is 0.258 e. The van der Waals surface area contributed by atoms with E-state index in [1.807, 2.05) is 53.4 Å². The molecule has 0 unspecified atom stereocenters. The summed E-state index contributed by atoms with van der Waals surface area (Å²) in [6, 6.07) is 18.3. The lowest BCUT2D eigenvalue weighted by atomic mass is 10.1. The van der Waals surface area contributed by atoms with Crippen LogP contribution in [0.15, 0.2) is 48.5 Å². The monoisotopic (exact) mass is 222 g/mol. The molecule has 1 amide bonds. The van der Waals surface area contributed by atoms with Gasteiger partial charge in [0.05, 0.1) is 0 Å². The normalized spacial score (nSPS) is 13.5. The largest absolute Gasteiger partial charge is 0.308 e.